The minimum Gasteiger partial charge on any atom is -0.494 e. The number of hydrogen-bond donors (Lipinski definition) is 1. The molecule has 0 amide bonds. The minimum absolute atomic E-state index is 0.344. The van der Waals surface area contributed by atoms with Crippen molar-refractivity contribution < 1.29 is 4.74 Å². The molecule has 0 saturated heterocycles. The Balaban J connectivity index is 2.76. The zero-order valence-corrected chi connectivity index (χ0v) is 8.93. The Hall–Kier alpha value is -1.66. The maximum atomic E-state index is 8.69. The Labute approximate surface area is 92.2 Å². The van der Waals surface area contributed by atoms with E-state index < -0.39 is 0 Å². The van der Waals surface area contributed by atoms with Crippen molar-refractivity contribution >= 4 is 22.5 Å². The number of rotatable bonds is 2. The van der Waals surface area contributed by atoms with Crippen LogP contribution in [0.1, 0.15) is 5.56 Å². The molecule has 0 saturated carbocycles. The van der Waals surface area contributed by atoms with Gasteiger partial charge in [-0.2, -0.15) is 5.26 Å². The predicted octanol–water partition coefficient (Wildman–Crippen LogP) is 2.90. The molecule has 2 rings (SSSR count). The van der Waals surface area contributed by atoms with Crippen molar-refractivity contribution in [2.45, 2.75) is 6.42 Å². The van der Waals surface area contributed by atoms with Gasteiger partial charge in [-0.15, -0.1) is 0 Å². The number of methoxy groups -OCH3 is 1. The number of aromatic nitrogens is 1. The molecule has 0 unspecified atom stereocenters. The molecule has 0 aliphatic heterocycles. The van der Waals surface area contributed by atoms with Gasteiger partial charge in [-0.3, -0.25) is 0 Å². The first kappa shape index (κ1) is 9.88. The van der Waals surface area contributed by atoms with Crippen LogP contribution in [0, 0.1) is 11.3 Å². The van der Waals surface area contributed by atoms with Crippen LogP contribution in [0.15, 0.2) is 18.3 Å². The number of benzene rings is 1. The van der Waals surface area contributed by atoms with Crippen LogP contribution in [0.4, 0.5) is 0 Å². The molecule has 0 radical (unpaired) electrons. The molecule has 0 fully saturated rings. The molecular formula is C11H9ClN2O. The molecular weight excluding hydrogens is 212 g/mol. The Kier molecular flexibility index (Phi) is 2.53. The van der Waals surface area contributed by atoms with Gasteiger partial charge in [0.1, 0.15) is 5.75 Å². The zero-order chi connectivity index (χ0) is 10.8. The summed E-state index contributed by atoms with van der Waals surface area (Å²) < 4.78 is 5.24. The van der Waals surface area contributed by atoms with Gasteiger partial charge in [-0.25, -0.2) is 0 Å². The second kappa shape index (κ2) is 3.84. The van der Waals surface area contributed by atoms with E-state index >= 15 is 0 Å². The Morgan fingerprint density at radius 1 is 1.53 bits per heavy atom. The van der Waals surface area contributed by atoms with Crippen LogP contribution in [0.2, 0.25) is 5.02 Å². The summed E-state index contributed by atoms with van der Waals surface area (Å²) in [5, 5.41) is 10.1. The maximum Gasteiger partial charge on any atom is 0.147 e. The number of halogens is 1. The molecule has 1 aromatic carbocycles. The summed E-state index contributed by atoms with van der Waals surface area (Å²) >= 11 is 6.01. The summed E-state index contributed by atoms with van der Waals surface area (Å²) in [5.74, 6) is 0.626. The van der Waals surface area contributed by atoms with Crippen LogP contribution in [0.25, 0.3) is 10.9 Å². The van der Waals surface area contributed by atoms with E-state index in [-0.39, 0.29) is 0 Å². The quantitative estimate of drug-likeness (QED) is 0.846. The van der Waals surface area contributed by atoms with E-state index in [1.54, 1.807) is 13.2 Å². The normalized spacial score (nSPS) is 10.2. The molecule has 15 heavy (non-hydrogen) atoms. The minimum atomic E-state index is 0.344. The number of nitrogens with one attached hydrogen (secondary N) is 1. The van der Waals surface area contributed by atoms with Crippen molar-refractivity contribution in [3.8, 4) is 11.8 Å². The number of ether oxygens (including phenoxy) is 1. The van der Waals surface area contributed by atoms with Crippen molar-refractivity contribution in [3.05, 3.63) is 28.9 Å². The third-order valence-electron chi connectivity index (χ3n) is 2.31. The van der Waals surface area contributed by atoms with Gasteiger partial charge in [0.15, 0.2) is 0 Å². The largest absolute Gasteiger partial charge is 0.494 e. The van der Waals surface area contributed by atoms with Crippen molar-refractivity contribution in [1.82, 2.24) is 4.98 Å². The predicted molar refractivity (Wildman–Crippen MR) is 59.2 cm³/mol. The molecule has 0 bridgehead atoms. The highest BCUT2D eigenvalue weighted by Crippen LogP contribution is 2.35. The average Bonchev–Trinajstić information content (AvgIpc) is 2.63. The van der Waals surface area contributed by atoms with Gasteiger partial charge >= 0.3 is 0 Å². The summed E-state index contributed by atoms with van der Waals surface area (Å²) in [6, 6.07) is 5.76. The van der Waals surface area contributed by atoms with E-state index in [0.29, 0.717) is 17.2 Å². The fourth-order valence-electron chi connectivity index (χ4n) is 1.66. The van der Waals surface area contributed by atoms with E-state index in [0.717, 1.165) is 16.5 Å². The zero-order valence-electron chi connectivity index (χ0n) is 8.17. The lowest BCUT2D eigenvalue weighted by atomic mass is 10.1. The lowest BCUT2D eigenvalue weighted by molar-refractivity contribution is 0.420. The fraction of sp³-hybridized carbons (Fsp3) is 0.182. The molecule has 0 aliphatic rings. The van der Waals surface area contributed by atoms with E-state index in [9.17, 15) is 0 Å². The first-order chi connectivity index (χ1) is 7.27. The highest BCUT2D eigenvalue weighted by molar-refractivity contribution is 6.33. The average molecular weight is 221 g/mol. The van der Waals surface area contributed by atoms with Crippen molar-refractivity contribution in [2.24, 2.45) is 0 Å². The van der Waals surface area contributed by atoms with Gasteiger partial charge in [0.05, 0.1) is 24.6 Å². The summed E-state index contributed by atoms with van der Waals surface area (Å²) in [7, 11) is 1.57. The Morgan fingerprint density at radius 3 is 3.00 bits per heavy atom. The Morgan fingerprint density at radius 2 is 2.33 bits per heavy atom. The van der Waals surface area contributed by atoms with Crippen molar-refractivity contribution in [1.29, 1.82) is 5.26 Å². The molecule has 1 heterocycles. The van der Waals surface area contributed by atoms with E-state index in [1.165, 1.54) is 0 Å². The highest BCUT2D eigenvalue weighted by atomic mass is 35.5. The molecule has 4 heteroatoms. The molecule has 1 N–H and O–H groups in total. The summed E-state index contributed by atoms with van der Waals surface area (Å²) in [4.78, 5) is 3.09. The molecule has 2 aromatic rings. The van der Waals surface area contributed by atoms with Crippen molar-refractivity contribution in [3.63, 3.8) is 0 Å². The van der Waals surface area contributed by atoms with Gasteiger partial charge in [-0.1, -0.05) is 11.6 Å². The Bertz CT molecular complexity index is 539. The number of fused-ring (bicyclic) bond motifs is 1. The molecule has 0 aliphatic carbocycles. The van der Waals surface area contributed by atoms with Crippen LogP contribution >= 0.6 is 11.6 Å². The van der Waals surface area contributed by atoms with Crippen LogP contribution in [-0.4, -0.2) is 12.1 Å². The number of H-pyrrole nitrogens is 1. The molecule has 76 valence electrons. The van der Waals surface area contributed by atoms with Gasteiger partial charge in [-0.05, 0) is 17.7 Å². The van der Waals surface area contributed by atoms with Crippen LogP contribution < -0.4 is 4.74 Å². The SMILES string of the molecule is COc1c(Cl)ccc2[nH]cc(CC#N)c12. The highest BCUT2D eigenvalue weighted by Gasteiger charge is 2.11. The number of nitrogens with zero attached hydrogens (tertiary/aromatic N) is 1. The van der Waals surface area contributed by atoms with E-state index in [1.807, 2.05) is 12.3 Å². The van der Waals surface area contributed by atoms with Gasteiger partial charge in [0.25, 0.3) is 0 Å². The summed E-state index contributed by atoms with van der Waals surface area (Å²) in [5.41, 5.74) is 1.84. The fourth-order valence-corrected chi connectivity index (χ4v) is 1.89. The lowest BCUT2D eigenvalue weighted by Gasteiger charge is -2.05. The molecule has 0 spiro atoms. The second-order valence-electron chi connectivity index (χ2n) is 3.15. The smallest absolute Gasteiger partial charge is 0.147 e. The van der Waals surface area contributed by atoms with Gasteiger partial charge in [0, 0.05) is 17.1 Å². The lowest BCUT2D eigenvalue weighted by Crippen LogP contribution is -1.87. The maximum absolute atomic E-state index is 8.69. The van der Waals surface area contributed by atoms with E-state index in [4.69, 9.17) is 21.6 Å². The van der Waals surface area contributed by atoms with E-state index in [2.05, 4.69) is 11.1 Å². The molecule has 3 nitrogen and oxygen atoms in total. The van der Waals surface area contributed by atoms with Gasteiger partial charge < -0.3 is 9.72 Å². The summed E-state index contributed by atoms with van der Waals surface area (Å²) in [6.07, 6.45) is 2.16. The molecule has 1 aromatic heterocycles. The number of aromatic amines is 1. The first-order valence-corrected chi connectivity index (χ1v) is 4.85. The topological polar surface area (TPSA) is 48.8 Å². The third kappa shape index (κ3) is 1.53. The van der Waals surface area contributed by atoms with Crippen LogP contribution in [-0.2, 0) is 6.42 Å². The van der Waals surface area contributed by atoms with Crippen molar-refractivity contribution in [2.75, 3.05) is 7.11 Å². The van der Waals surface area contributed by atoms with Crippen LogP contribution in [0.5, 0.6) is 5.75 Å². The third-order valence-corrected chi connectivity index (χ3v) is 2.60. The molecule has 0 atom stereocenters. The van der Waals surface area contributed by atoms with Gasteiger partial charge in [0.2, 0.25) is 0 Å². The number of hydrogen-bond acceptors (Lipinski definition) is 2. The monoisotopic (exact) mass is 220 g/mol. The van der Waals surface area contributed by atoms with Crippen LogP contribution in [0.3, 0.4) is 0 Å². The number of nitriles is 1. The second-order valence-corrected chi connectivity index (χ2v) is 3.56. The summed E-state index contributed by atoms with van der Waals surface area (Å²) in [6.45, 7) is 0. The standard InChI is InChI=1S/C11H9ClN2O/c1-15-11-8(12)2-3-9-10(11)7(4-5-13)6-14-9/h2-3,6,14H,4H2,1H3. The first-order valence-electron chi connectivity index (χ1n) is 4.47.